The average Bonchev–Trinajstić information content (AvgIpc) is 3.24. The van der Waals surface area contributed by atoms with Crippen LogP contribution in [0.2, 0.25) is 0 Å². The number of amides is 2. The van der Waals surface area contributed by atoms with Crippen LogP contribution >= 0.6 is 0 Å². The number of allylic oxidation sites excluding steroid dienone is 2. The number of nitrogens with zero attached hydrogens (tertiary/aromatic N) is 2. The summed E-state index contributed by atoms with van der Waals surface area (Å²) in [5.74, 6) is -0.0191. The molecule has 1 saturated carbocycles. The number of likely N-dealkylation sites (tertiary alicyclic amines) is 2. The van der Waals surface area contributed by atoms with Crippen molar-refractivity contribution >= 4 is 11.8 Å². The second-order valence-corrected chi connectivity index (χ2v) is 8.05. The summed E-state index contributed by atoms with van der Waals surface area (Å²) in [7, 11) is 0. The largest absolute Gasteiger partial charge is 0.377 e. The van der Waals surface area contributed by atoms with E-state index in [2.05, 4.69) is 17.1 Å². The molecular weight excluding hydrogens is 316 g/mol. The summed E-state index contributed by atoms with van der Waals surface area (Å²) in [5, 5.41) is 0. The van der Waals surface area contributed by atoms with Crippen molar-refractivity contribution in [3.05, 3.63) is 12.2 Å². The van der Waals surface area contributed by atoms with Gasteiger partial charge < -0.3 is 9.64 Å². The molecule has 2 unspecified atom stereocenters. The minimum absolute atomic E-state index is 0.0813. The maximum atomic E-state index is 12.7. The molecule has 0 bridgehead atoms. The summed E-state index contributed by atoms with van der Waals surface area (Å²) in [4.78, 5) is 29.5. The van der Waals surface area contributed by atoms with Gasteiger partial charge in [0.05, 0.1) is 24.5 Å². The Morgan fingerprint density at radius 2 is 1.52 bits per heavy atom. The second-order valence-electron chi connectivity index (χ2n) is 8.05. The summed E-state index contributed by atoms with van der Waals surface area (Å²) >= 11 is 0. The highest BCUT2D eigenvalue weighted by Gasteiger charge is 2.49. The molecule has 2 aliphatic heterocycles. The van der Waals surface area contributed by atoms with Gasteiger partial charge in [0, 0.05) is 12.6 Å². The normalized spacial score (nSPS) is 36.2. The highest BCUT2D eigenvalue weighted by molar-refractivity contribution is 6.05. The summed E-state index contributed by atoms with van der Waals surface area (Å²) in [6, 6.07) is 0.101. The Balaban J connectivity index is 1.24. The van der Waals surface area contributed by atoms with Gasteiger partial charge in [0.25, 0.3) is 0 Å². The van der Waals surface area contributed by atoms with E-state index in [1.807, 2.05) is 0 Å². The van der Waals surface area contributed by atoms with E-state index < -0.39 is 0 Å². The fourth-order valence-electron chi connectivity index (χ4n) is 5.01. The van der Waals surface area contributed by atoms with Crippen LogP contribution in [0.5, 0.6) is 0 Å². The molecule has 2 heterocycles. The molecule has 0 N–H and O–H groups in total. The predicted octanol–water partition coefficient (Wildman–Crippen LogP) is 2.36. The fraction of sp³-hybridized carbons (Fsp3) is 0.800. The molecule has 2 atom stereocenters. The molecule has 0 spiro atoms. The number of ether oxygens (including phenoxy) is 1. The zero-order chi connectivity index (χ0) is 17.2. The van der Waals surface area contributed by atoms with Gasteiger partial charge in [0.1, 0.15) is 0 Å². The smallest absolute Gasteiger partial charge is 0.233 e. The fourth-order valence-corrected chi connectivity index (χ4v) is 5.01. The Kier molecular flexibility index (Phi) is 5.23. The quantitative estimate of drug-likeness (QED) is 0.566. The molecule has 2 amide bonds. The predicted molar refractivity (Wildman–Crippen MR) is 94.9 cm³/mol. The molecule has 2 aliphatic carbocycles. The second kappa shape index (κ2) is 7.58. The topological polar surface area (TPSA) is 49.9 Å². The van der Waals surface area contributed by atoms with Gasteiger partial charge in [-0.25, -0.2) is 0 Å². The number of imide groups is 1. The molecule has 25 heavy (non-hydrogen) atoms. The van der Waals surface area contributed by atoms with E-state index >= 15 is 0 Å². The van der Waals surface area contributed by atoms with Crippen molar-refractivity contribution in [2.75, 3.05) is 26.2 Å². The summed E-state index contributed by atoms with van der Waals surface area (Å²) in [5.41, 5.74) is 0. The number of carbonyl (C=O) groups excluding carboxylic acids is 2. The number of hydrogen-bond acceptors (Lipinski definition) is 4. The third-order valence-electron chi connectivity index (χ3n) is 6.51. The maximum Gasteiger partial charge on any atom is 0.233 e. The molecule has 0 aromatic rings. The highest BCUT2D eigenvalue weighted by atomic mass is 16.5. The lowest BCUT2D eigenvalue weighted by Gasteiger charge is -2.34. The Bertz CT molecular complexity index is 507. The van der Waals surface area contributed by atoms with Crippen LogP contribution in [0.15, 0.2) is 12.2 Å². The number of fused-ring (bicyclic) bond motifs is 1. The summed E-state index contributed by atoms with van der Waals surface area (Å²) in [6.45, 7) is 4.28. The van der Waals surface area contributed by atoms with Gasteiger partial charge in [-0.3, -0.25) is 14.5 Å². The van der Waals surface area contributed by atoms with E-state index in [4.69, 9.17) is 4.74 Å². The molecule has 0 aromatic heterocycles. The average molecular weight is 346 g/mol. The number of rotatable bonds is 5. The first-order valence-corrected chi connectivity index (χ1v) is 10.1. The third-order valence-corrected chi connectivity index (χ3v) is 6.51. The lowest BCUT2D eigenvalue weighted by atomic mass is 9.85. The third kappa shape index (κ3) is 3.54. The van der Waals surface area contributed by atoms with Crippen LogP contribution in [0.1, 0.15) is 51.4 Å². The van der Waals surface area contributed by atoms with E-state index in [-0.39, 0.29) is 29.7 Å². The van der Waals surface area contributed by atoms with Crippen LogP contribution in [0, 0.1) is 11.8 Å². The van der Waals surface area contributed by atoms with Gasteiger partial charge >= 0.3 is 0 Å². The molecule has 4 rings (SSSR count). The Hall–Kier alpha value is -1.20. The van der Waals surface area contributed by atoms with Crippen molar-refractivity contribution in [3.63, 3.8) is 0 Å². The summed E-state index contributed by atoms with van der Waals surface area (Å²) in [6.07, 6.45) is 12.3. The zero-order valence-corrected chi connectivity index (χ0v) is 15.1. The molecule has 138 valence electrons. The van der Waals surface area contributed by atoms with Crippen molar-refractivity contribution in [1.82, 2.24) is 9.80 Å². The molecule has 0 aromatic carbocycles. The van der Waals surface area contributed by atoms with E-state index in [0.29, 0.717) is 6.10 Å². The molecule has 5 nitrogen and oxygen atoms in total. The van der Waals surface area contributed by atoms with E-state index in [0.717, 1.165) is 51.7 Å². The Labute approximate surface area is 150 Å². The van der Waals surface area contributed by atoms with Crippen molar-refractivity contribution < 1.29 is 14.3 Å². The first-order valence-electron chi connectivity index (χ1n) is 10.1. The Morgan fingerprint density at radius 1 is 0.920 bits per heavy atom. The van der Waals surface area contributed by atoms with Gasteiger partial charge in [-0.05, 0) is 64.5 Å². The highest BCUT2D eigenvalue weighted by Crippen LogP contribution is 2.38. The van der Waals surface area contributed by atoms with Crippen LogP contribution in [0.4, 0.5) is 0 Å². The first-order chi connectivity index (χ1) is 12.2. The van der Waals surface area contributed by atoms with Crippen molar-refractivity contribution in [3.8, 4) is 0 Å². The van der Waals surface area contributed by atoms with Crippen LogP contribution in [0.25, 0.3) is 0 Å². The van der Waals surface area contributed by atoms with Gasteiger partial charge in [-0.15, -0.1) is 0 Å². The van der Waals surface area contributed by atoms with Crippen molar-refractivity contribution in [2.24, 2.45) is 11.8 Å². The van der Waals surface area contributed by atoms with E-state index in [1.54, 1.807) is 4.90 Å². The van der Waals surface area contributed by atoms with Gasteiger partial charge in [-0.2, -0.15) is 0 Å². The molecule has 2 saturated heterocycles. The maximum absolute atomic E-state index is 12.7. The summed E-state index contributed by atoms with van der Waals surface area (Å²) < 4.78 is 6.06. The molecule has 0 radical (unpaired) electrons. The standard InChI is InChI=1S/C20H30N2O3/c23-19-17-5-1-2-6-18(17)20(24)22(19)15-7-9-16(10-8-15)25-14-13-21-11-3-4-12-21/h1-2,15-18H,3-14H2. The van der Waals surface area contributed by atoms with Gasteiger partial charge in [-0.1, -0.05) is 12.2 Å². The Morgan fingerprint density at radius 3 is 2.12 bits per heavy atom. The monoisotopic (exact) mass is 346 g/mol. The first kappa shape index (κ1) is 17.2. The molecular formula is C20H30N2O3. The number of carbonyl (C=O) groups is 2. The zero-order valence-electron chi connectivity index (χ0n) is 15.1. The van der Waals surface area contributed by atoms with Gasteiger partial charge in [0.15, 0.2) is 0 Å². The van der Waals surface area contributed by atoms with Crippen LogP contribution in [-0.4, -0.2) is 60.0 Å². The lowest BCUT2D eigenvalue weighted by molar-refractivity contribution is -0.144. The van der Waals surface area contributed by atoms with E-state index in [9.17, 15) is 9.59 Å². The van der Waals surface area contributed by atoms with E-state index in [1.165, 1.54) is 25.9 Å². The molecule has 3 fully saturated rings. The SMILES string of the molecule is O=C1C2CC=CCC2C(=O)N1C1CCC(OCCN2CCCC2)CC1. The molecule has 5 heteroatoms. The minimum atomic E-state index is -0.0908. The van der Waals surface area contributed by atoms with Crippen LogP contribution < -0.4 is 0 Å². The van der Waals surface area contributed by atoms with Crippen LogP contribution in [-0.2, 0) is 14.3 Å². The van der Waals surface area contributed by atoms with Crippen molar-refractivity contribution in [1.29, 1.82) is 0 Å². The van der Waals surface area contributed by atoms with Crippen molar-refractivity contribution in [2.45, 2.75) is 63.5 Å². The van der Waals surface area contributed by atoms with Crippen LogP contribution in [0.3, 0.4) is 0 Å². The van der Waals surface area contributed by atoms with Gasteiger partial charge in [0.2, 0.25) is 11.8 Å². The molecule has 4 aliphatic rings. The number of hydrogen-bond donors (Lipinski definition) is 0. The minimum Gasteiger partial charge on any atom is -0.377 e. The lowest BCUT2D eigenvalue weighted by Crippen LogP contribution is -2.43.